The number of phenolic OH excluding ortho intramolecular Hbond substituents is 1. The molecule has 0 aliphatic heterocycles. The molecular weight excluding hydrogens is 184 g/mol. The van der Waals surface area contributed by atoms with Crippen molar-refractivity contribution < 1.29 is 5.11 Å². The molecule has 0 radical (unpaired) electrons. The van der Waals surface area contributed by atoms with Crippen LogP contribution in [-0.4, -0.2) is 11.4 Å². The molecule has 1 aromatic rings. The smallest absolute Gasteiger partial charge is 0.116 e. The SMILES string of the molecule is C=C(N)c1cccc(O)c1.CS.N. The molecule has 0 bridgehead atoms. The maximum atomic E-state index is 8.97. The first-order chi connectivity index (χ1) is 5.70. The van der Waals surface area contributed by atoms with Gasteiger partial charge in [-0.15, -0.1) is 0 Å². The second-order valence-corrected chi connectivity index (χ2v) is 2.08. The molecule has 0 amide bonds. The Labute approximate surface area is 84.3 Å². The third-order valence-electron chi connectivity index (χ3n) is 1.22. The molecule has 0 aromatic heterocycles. The van der Waals surface area contributed by atoms with Crippen LogP contribution in [0.15, 0.2) is 30.8 Å². The lowest BCUT2D eigenvalue weighted by atomic mass is 10.2. The van der Waals surface area contributed by atoms with E-state index in [1.807, 2.05) is 0 Å². The highest BCUT2D eigenvalue weighted by Gasteiger charge is 1.92. The van der Waals surface area contributed by atoms with Crippen molar-refractivity contribution in [1.29, 1.82) is 0 Å². The number of nitrogens with two attached hydrogens (primary N) is 1. The van der Waals surface area contributed by atoms with Crippen LogP contribution < -0.4 is 11.9 Å². The molecule has 13 heavy (non-hydrogen) atoms. The van der Waals surface area contributed by atoms with Gasteiger partial charge in [0.2, 0.25) is 0 Å². The van der Waals surface area contributed by atoms with Gasteiger partial charge in [-0.3, -0.25) is 0 Å². The Bertz CT molecular complexity index is 264. The average molecular weight is 200 g/mol. The second kappa shape index (κ2) is 7.52. The van der Waals surface area contributed by atoms with E-state index in [0.29, 0.717) is 5.70 Å². The quantitative estimate of drug-likeness (QED) is 0.523. The van der Waals surface area contributed by atoms with Gasteiger partial charge in [-0.1, -0.05) is 18.7 Å². The summed E-state index contributed by atoms with van der Waals surface area (Å²) in [5.41, 5.74) is 6.61. The highest BCUT2D eigenvalue weighted by molar-refractivity contribution is 7.79. The lowest BCUT2D eigenvalue weighted by Gasteiger charge is -1.98. The molecule has 0 spiro atoms. The molecule has 0 saturated heterocycles. The Morgan fingerprint density at radius 3 is 2.31 bits per heavy atom. The van der Waals surface area contributed by atoms with Gasteiger partial charge >= 0.3 is 0 Å². The molecule has 0 atom stereocenters. The van der Waals surface area contributed by atoms with E-state index < -0.39 is 0 Å². The minimum absolute atomic E-state index is 0. The summed E-state index contributed by atoms with van der Waals surface area (Å²) in [6.45, 7) is 3.53. The van der Waals surface area contributed by atoms with Crippen molar-refractivity contribution in [1.82, 2.24) is 6.15 Å². The first-order valence-corrected chi connectivity index (χ1v) is 4.28. The Morgan fingerprint density at radius 1 is 1.46 bits per heavy atom. The van der Waals surface area contributed by atoms with E-state index in [2.05, 4.69) is 19.2 Å². The zero-order valence-corrected chi connectivity index (χ0v) is 8.59. The summed E-state index contributed by atoms with van der Waals surface area (Å²) in [6.07, 6.45) is 1.69. The van der Waals surface area contributed by atoms with Gasteiger partial charge < -0.3 is 17.0 Å². The van der Waals surface area contributed by atoms with Gasteiger partial charge in [0.25, 0.3) is 0 Å². The lowest BCUT2D eigenvalue weighted by molar-refractivity contribution is 0.475. The van der Waals surface area contributed by atoms with Crippen molar-refractivity contribution in [3.8, 4) is 5.75 Å². The largest absolute Gasteiger partial charge is 0.508 e. The van der Waals surface area contributed by atoms with E-state index >= 15 is 0 Å². The summed E-state index contributed by atoms with van der Waals surface area (Å²) < 4.78 is 0. The van der Waals surface area contributed by atoms with Crippen molar-refractivity contribution in [3.63, 3.8) is 0 Å². The normalized spacial score (nSPS) is 7.54. The fourth-order valence-corrected chi connectivity index (χ4v) is 0.706. The number of thiol groups is 1. The summed E-state index contributed by atoms with van der Waals surface area (Å²) in [7, 11) is 0. The van der Waals surface area contributed by atoms with E-state index in [9.17, 15) is 0 Å². The van der Waals surface area contributed by atoms with Crippen LogP contribution in [0.1, 0.15) is 5.56 Å². The van der Waals surface area contributed by atoms with Crippen LogP contribution in [0.4, 0.5) is 0 Å². The fraction of sp³-hybridized carbons (Fsp3) is 0.111. The van der Waals surface area contributed by atoms with Gasteiger partial charge in [0.1, 0.15) is 5.75 Å². The molecule has 0 aliphatic carbocycles. The number of rotatable bonds is 1. The van der Waals surface area contributed by atoms with Crippen molar-refractivity contribution in [3.05, 3.63) is 36.4 Å². The zero-order chi connectivity index (χ0) is 9.56. The van der Waals surface area contributed by atoms with Crippen LogP contribution in [-0.2, 0) is 0 Å². The standard InChI is InChI=1S/C8H9NO.CH4S.H3N/c1-6(9)7-3-2-4-8(10)5-7;1-2;/h2-5,10H,1,9H2;2H,1H3;1H3. The predicted octanol–water partition coefficient (Wildman–Crippen LogP) is 2.03. The van der Waals surface area contributed by atoms with Crippen molar-refractivity contribution in [2.24, 2.45) is 5.73 Å². The molecule has 74 valence electrons. The highest BCUT2D eigenvalue weighted by Crippen LogP contribution is 2.13. The molecule has 6 N–H and O–H groups in total. The third kappa shape index (κ3) is 5.16. The van der Waals surface area contributed by atoms with Crippen LogP contribution in [0.2, 0.25) is 0 Å². The van der Waals surface area contributed by atoms with Crippen LogP contribution in [0.3, 0.4) is 0 Å². The van der Waals surface area contributed by atoms with E-state index in [1.54, 1.807) is 30.5 Å². The minimum atomic E-state index is 0. The summed E-state index contributed by atoms with van der Waals surface area (Å²) >= 11 is 3.53. The van der Waals surface area contributed by atoms with Crippen molar-refractivity contribution in [2.45, 2.75) is 0 Å². The van der Waals surface area contributed by atoms with Gasteiger partial charge in [0.15, 0.2) is 0 Å². The molecule has 4 heteroatoms. The molecule has 1 rings (SSSR count). The molecule has 0 unspecified atom stereocenters. The molecule has 0 fully saturated rings. The highest BCUT2D eigenvalue weighted by atomic mass is 32.1. The van der Waals surface area contributed by atoms with Crippen LogP contribution >= 0.6 is 12.6 Å². The van der Waals surface area contributed by atoms with Gasteiger partial charge in [-0.05, 0) is 18.4 Å². The van der Waals surface area contributed by atoms with Crippen LogP contribution in [0.25, 0.3) is 5.70 Å². The summed E-state index contributed by atoms with van der Waals surface area (Å²) in [5.74, 6) is 0.212. The maximum absolute atomic E-state index is 8.97. The summed E-state index contributed by atoms with van der Waals surface area (Å²) in [6, 6.07) is 6.68. The number of phenols is 1. The Morgan fingerprint density at radius 2 is 2.00 bits per heavy atom. The van der Waals surface area contributed by atoms with Crippen LogP contribution in [0.5, 0.6) is 5.75 Å². The maximum Gasteiger partial charge on any atom is 0.116 e. The zero-order valence-electron chi connectivity index (χ0n) is 7.70. The summed E-state index contributed by atoms with van der Waals surface area (Å²) in [5, 5.41) is 8.97. The number of benzene rings is 1. The minimum Gasteiger partial charge on any atom is -0.508 e. The van der Waals surface area contributed by atoms with Gasteiger partial charge in [-0.25, -0.2) is 0 Å². The van der Waals surface area contributed by atoms with Gasteiger partial charge in [-0.2, -0.15) is 12.6 Å². The Balaban J connectivity index is 0. The Hall–Kier alpha value is -1.13. The fourth-order valence-electron chi connectivity index (χ4n) is 0.706. The Kier molecular flexibility index (Phi) is 8.32. The summed E-state index contributed by atoms with van der Waals surface area (Å²) in [4.78, 5) is 0. The third-order valence-corrected chi connectivity index (χ3v) is 1.22. The second-order valence-electron chi connectivity index (χ2n) is 2.08. The molecule has 1 aromatic carbocycles. The first kappa shape index (κ1) is 14.4. The van der Waals surface area contributed by atoms with Crippen LogP contribution in [0, 0.1) is 0 Å². The molecule has 3 nitrogen and oxygen atoms in total. The van der Waals surface area contributed by atoms with E-state index in [-0.39, 0.29) is 11.9 Å². The lowest BCUT2D eigenvalue weighted by Crippen LogP contribution is -1.92. The van der Waals surface area contributed by atoms with Crippen molar-refractivity contribution >= 4 is 18.3 Å². The number of hydrogen-bond donors (Lipinski definition) is 4. The molecule has 0 saturated carbocycles. The average Bonchev–Trinajstić information content (AvgIpc) is 2.08. The van der Waals surface area contributed by atoms with Gasteiger partial charge in [0.05, 0.1) is 0 Å². The van der Waals surface area contributed by atoms with E-state index in [4.69, 9.17) is 10.8 Å². The predicted molar refractivity (Wildman–Crippen MR) is 61.3 cm³/mol. The first-order valence-electron chi connectivity index (χ1n) is 3.38. The molecule has 0 aliphatic rings. The van der Waals surface area contributed by atoms with Crippen molar-refractivity contribution in [2.75, 3.05) is 6.26 Å². The van der Waals surface area contributed by atoms with E-state index in [0.717, 1.165) is 5.56 Å². The molecule has 0 heterocycles. The number of hydrogen-bond acceptors (Lipinski definition) is 4. The van der Waals surface area contributed by atoms with E-state index in [1.165, 1.54) is 0 Å². The topological polar surface area (TPSA) is 81.2 Å². The monoisotopic (exact) mass is 200 g/mol. The number of aromatic hydroxyl groups is 1. The molecular formula is C9H16N2OS. The van der Waals surface area contributed by atoms with Gasteiger partial charge in [0, 0.05) is 11.3 Å².